The van der Waals surface area contributed by atoms with Gasteiger partial charge in [0, 0.05) is 17.0 Å². The molecule has 168 valence electrons. The van der Waals surface area contributed by atoms with E-state index in [1.165, 1.54) is 0 Å². The first-order chi connectivity index (χ1) is 14.2. The number of alkyl halides is 4. The van der Waals surface area contributed by atoms with Crippen LogP contribution in [0.5, 0.6) is 0 Å². The van der Waals surface area contributed by atoms with E-state index >= 15 is 4.39 Å². The van der Waals surface area contributed by atoms with Crippen molar-refractivity contribution in [2.75, 3.05) is 5.32 Å². The Morgan fingerprint density at radius 1 is 1.30 bits per heavy atom. The van der Waals surface area contributed by atoms with Gasteiger partial charge in [-0.1, -0.05) is 26.0 Å². The summed E-state index contributed by atoms with van der Waals surface area (Å²) in [6.07, 6.45) is -5.76. The molecule has 1 aliphatic rings. The third-order valence-electron chi connectivity index (χ3n) is 5.68. The third-order valence-corrected chi connectivity index (χ3v) is 7.04. The summed E-state index contributed by atoms with van der Waals surface area (Å²) in [6, 6.07) is 4.45. The number of benzene rings is 1. The highest BCUT2D eigenvalue weighted by Gasteiger charge is 2.37. The highest BCUT2D eigenvalue weighted by molar-refractivity contribution is 7.20. The van der Waals surface area contributed by atoms with Crippen molar-refractivity contribution in [2.45, 2.75) is 76.2 Å². The standard InChI is InChI=1S/C20H28F4N4OS/c1-3-10-8-15(16(21)13(4-2)26-10)27-14-7-5-6-11-12(9-20(22,23)24)18(19(25)28-29)30-17(11)14/h5-7,10,13,15-16,19,26-29H,3-4,8-9,25H2,1-2H3. The smallest absolute Gasteiger partial charge is 0.378 e. The minimum absolute atomic E-state index is 0.0279. The zero-order valence-electron chi connectivity index (χ0n) is 16.9. The van der Waals surface area contributed by atoms with Gasteiger partial charge in [0.05, 0.1) is 22.8 Å². The maximum absolute atomic E-state index is 15.1. The molecule has 10 heteroatoms. The number of anilines is 1. The van der Waals surface area contributed by atoms with Crippen molar-refractivity contribution in [3.63, 3.8) is 0 Å². The fourth-order valence-electron chi connectivity index (χ4n) is 4.14. The van der Waals surface area contributed by atoms with Crippen LogP contribution in [0.15, 0.2) is 18.2 Å². The molecule has 5 unspecified atom stereocenters. The maximum atomic E-state index is 15.1. The lowest BCUT2D eigenvalue weighted by atomic mass is 9.89. The summed E-state index contributed by atoms with van der Waals surface area (Å²) < 4.78 is 55.2. The number of hydrogen-bond donors (Lipinski definition) is 5. The van der Waals surface area contributed by atoms with Crippen molar-refractivity contribution in [3.8, 4) is 0 Å². The predicted octanol–water partition coefficient (Wildman–Crippen LogP) is 4.61. The van der Waals surface area contributed by atoms with Crippen LogP contribution >= 0.6 is 11.3 Å². The molecule has 2 aromatic rings. The van der Waals surface area contributed by atoms with E-state index in [2.05, 4.69) is 10.6 Å². The lowest BCUT2D eigenvalue weighted by molar-refractivity contribution is -0.127. The second kappa shape index (κ2) is 9.35. The van der Waals surface area contributed by atoms with Gasteiger partial charge in [0.25, 0.3) is 0 Å². The minimum Gasteiger partial charge on any atom is -0.378 e. The van der Waals surface area contributed by atoms with Crippen molar-refractivity contribution in [2.24, 2.45) is 5.73 Å². The Hall–Kier alpha value is -1.46. The molecule has 1 aromatic heterocycles. The molecule has 1 aliphatic heterocycles. The first kappa shape index (κ1) is 23.2. The SMILES string of the molecule is CCC1CC(Nc2cccc3c(CC(F)(F)F)c(C(N)NO)sc23)C(F)C(CC)N1. The number of hydroxylamine groups is 1. The van der Waals surface area contributed by atoms with Crippen LogP contribution in [0.1, 0.15) is 49.7 Å². The fourth-order valence-corrected chi connectivity index (χ4v) is 5.38. The number of rotatable bonds is 7. The average molecular weight is 449 g/mol. The van der Waals surface area contributed by atoms with Gasteiger partial charge in [0.2, 0.25) is 0 Å². The second-order valence-electron chi connectivity index (χ2n) is 7.74. The molecule has 3 rings (SSSR count). The molecule has 0 spiro atoms. The molecule has 1 fully saturated rings. The minimum atomic E-state index is -4.43. The van der Waals surface area contributed by atoms with Crippen LogP contribution in [0.3, 0.4) is 0 Å². The molecule has 1 aromatic carbocycles. The maximum Gasteiger partial charge on any atom is 0.393 e. The van der Waals surface area contributed by atoms with E-state index in [1.807, 2.05) is 19.3 Å². The van der Waals surface area contributed by atoms with E-state index in [0.717, 1.165) is 17.8 Å². The lowest BCUT2D eigenvalue weighted by Crippen LogP contribution is -2.57. The largest absolute Gasteiger partial charge is 0.393 e. The van der Waals surface area contributed by atoms with Crippen LogP contribution in [0.25, 0.3) is 10.1 Å². The van der Waals surface area contributed by atoms with Crippen molar-refractivity contribution in [3.05, 3.63) is 28.6 Å². The van der Waals surface area contributed by atoms with Crippen LogP contribution in [-0.2, 0) is 6.42 Å². The van der Waals surface area contributed by atoms with E-state index < -0.39 is 31.0 Å². The van der Waals surface area contributed by atoms with E-state index in [-0.39, 0.29) is 22.5 Å². The normalized spacial score (nSPS) is 26.1. The molecule has 5 nitrogen and oxygen atoms in total. The molecule has 0 bridgehead atoms. The number of hydrogen-bond acceptors (Lipinski definition) is 6. The Morgan fingerprint density at radius 3 is 2.63 bits per heavy atom. The number of thiophene rings is 1. The van der Waals surface area contributed by atoms with Gasteiger partial charge in [0.15, 0.2) is 0 Å². The molecule has 30 heavy (non-hydrogen) atoms. The van der Waals surface area contributed by atoms with Gasteiger partial charge in [-0.25, -0.2) is 4.39 Å². The quantitative estimate of drug-likeness (QED) is 0.243. The molecule has 0 aliphatic carbocycles. The van der Waals surface area contributed by atoms with E-state index in [4.69, 9.17) is 5.73 Å². The zero-order valence-corrected chi connectivity index (χ0v) is 17.7. The summed E-state index contributed by atoms with van der Waals surface area (Å²) in [5.41, 5.74) is 8.24. The lowest BCUT2D eigenvalue weighted by Gasteiger charge is -2.39. The van der Waals surface area contributed by atoms with E-state index in [1.54, 1.807) is 18.2 Å². The molecular weight excluding hydrogens is 420 g/mol. The van der Waals surface area contributed by atoms with Gasteiger partial charge in [-0.05, 0) is 36.3 Å². The Kier molecular flexibility index (Phi) is 7.24. The first-order valence-corrected chi connectivity index (χ1v) is 10.9. The summed E-state index contributed by atoms with van der Waals surface area (Å²) >= 11 is 1.08. The summed E-state index contributed by atoms with van der Waals surface area (Å²) in [5, 5.41) is 16.2. The van der Waals surface area contributed by atoms with Crippen LogP contribution in [-0.4, -0.2) is 35.7 Å². The van der Waals surface area contributed by atoms with Crippen LogP contribution in [0.2, 0.25) is 0 Å². The molecule has 6 N–H and O–H groups in total. The number of halogens is 4. The highest BCUT2D eigenvalue weighted by atomic mass is 32.1. The van der Waals surface area contributed by atoms with Crippen LogP contribution < -0.4 is 21.8 Å². The summed E-state index contributed by atoms with van der Waals surface area (Å²) in [6.45, 7) is 3.97. The number of nitrogens with two attached hydrogens (primary N) is 1. The van der Waals surface area contributed by atoms with Crippen molar-refractivity contribution in [1.82, 2.24) is 10.8 Å². The molecule has 0 saturated carbocycles. The molecule has 5 atom stereocenters. The Labute approximate surface area is 177 Å². The zero-order chi connectivity index (χ0) is 22.1. The van der Waals surface area contributed by atoms with Gasteiger partial charge < -0.3 is 21.6 Å². The Morgan fingerprint density at radius 2 is 2.03 bits per heavy atom. The highest BCUT2D eigenvalue weighted by Crippen LogP contribution is 2.41. The molecule has 2 heterocycles. The number of piperidine rings is 1. The summed E-state index contributed by atoms with van der Waals surface area (Å²) in [4.78, 5) is 0.207. The second-order valence-corrected chi connectivity index (χ2v) is 8.80. The van der Waals surface area contributed by atoms with Gasteiger partial charge in [-0.2, -0.15) is 18.7 Å². The molecular formula is C20H28F4N4OS. The van der Waals surface area contributed by atoms with Crippen molar-refractivity contribution >= 4 is 27.1 Å². The molecule has 1 saturated heterocycles. The van der Waals surface area contributed by atoms with Gasteiger partial charge in [-0.3, -0.25) is 0 Å². The van der Waals surface area contributed by atoms with Gasteiger partial charge >= 0.3 is 6.18 Å². The van der Waals surface area contributed by atoms with Crippen molar-refractivity contribution < 1.29 is 22.8 Å². The van der Waals surface area contributed by atoms with Crippen LogP contribution in [0.4, 0.5) is 23.2 Å². The van der Waals surface area contributed by atoms with E-state index in [0.29, 0.717) is 28.6 Å². The van der Waals surface area contributed by atoms with Crippen molar-refractivity contribution in [1.29, 1.82) is 0 Å². The molecule has 0 amide bonds. The number of fused-ring (bicyclic) bond motifs is 1. The fraction of sp³-hybridized carbons (Fsp3) is 0.600. The average Bonchev–Trinajstić information content (AvgIpc) is 3.06. The van der Waals surface area contributed by atoms with E-state index in [9.17, 15) is 18.4 Å². The predicted molar refractivity (Wildman–Crippen MR) is 112 cm³/mol. The Bertz CT molecular complexity index is 859. The van der Waals surface area contributed by atoms with Gasteiger partial charge in [-0.15, -0.1) is 11.3 Å². The molecule has 0 radical (unpaired) electrons. The first-order valence-electron chi connectivity index (χ1n) is 10.1. The summed E-state index contributed by atoms with van der Waals surface area (Å²) in [5.74, 6) is 0. The monoisotopic (exact) mass is 448 g/mol. The Balaban J connectivity index is 2.00. The number of nitrogens with one attached hydrogen (secondary N) is 3. The summed E-state index contributed by atoms with van der Waals surface area (Å²) in [7, 11) is 0. The topological polar surface area (TPSA) is 82.3 Å². The third kappa shape index (κ3) is 4.88. The van der Waals surface area contributed by atoms with Crippen LogP contribution in [0, 0.1) is 0 Å². The van der Waals surface area contributed by atoms with Gasteiger partial charge in [0.1, 0.15) is 12.3 Å².